The molecule has 1 aromatic rings. The summed E-state index contributed by atoms with van der Waals surface area (Å²) in [6, 6.07) is 9.10. The highest BCUT2D eigenvalue weighted by Gasteiger charge is 2.13. The monoisotopic (exact) mass is 247 g/mol. The number of hydrogen-bond donors (Lipinski definition) is 1. The van der Waals surface area contributed by atoms with Crippen LogP contribution in [-0.4, -0.2) is 13.1 Å². The van der Waals surface area contributed by atoms with Crippen LogP contribution in [0.25, 0.3) is 0 Å². The van der Waals surface area contributed by atoms with Gasteiger partial charge in [0.1, 0.15) is 0 Å². The van der Waals surface area contributed by atoms with Crippen molar-refractivity contribution in [2.24, 2.45) is 5.92 Å². The molecule has 0 saturated heterocycles. The van der Waals surface area contributed by atoms with Crippen LogP contribution in [-0.2, 0) is 5.41 Å². The van der Waals surface area contributed by atoms with Crippen LogP contribution >= 0.6 is 0 Å². The number of hydrogen-bond acceptors (Lipinski definition) is 1. The van der Waals surface area contributed by atoms with Gasteiger partial charge in [-0.05, 0) is 34.9 Å². The Balaban J connectivity index is 2.56. The fourth-order valence-electron chi connectivity index (χ4n) is 2.02. The zero-order chi connectivity index (χ0) is 13.8. The lowest BCUT2D eigenvalue weighted by molar-refractivity contribution is 0.528. The first-order valence-electron chi connectivity index (χ1n) is 7.12. The molecule has 1 nitrogen and oxygen atoms in total. The summed E-state index contributed by atoms with van der Waals surface area (Å²) in [7, 11) is 0. The second kappa shape index (κ2) is 6.38. The van der Waals surface area contributed by atoms with Crippen LogP contribution in [0, 0.1) is 5.92 Å². The van der Waals surface area contributed by atoms with Crippen LogP contribution < -0.4 is 5.32 Å². The summed E-state index contributed by atoms with van der Waals surface area (Å²) < 4.78 is 0. The molecule has 0 aliphatic carbocycles. The molecule has 1 unspecified atom stereocenters. The molecular formula is C17H29N. The van der Waals surface area contributed by atoms with Gasteiger partial charge in [0, 0.05) is 6.54 Å². The SMILES string of the molecule is CC(C)CNCC(C)c1ccc(C(C)(C)C)cc1. The third-order valence-electron chi connectivity index (χ3n) is 3.35. The Morgan fingerprint density at radius 1 is 0.944 bits per heavy atom. The molecule has 1 atom stereocenters. The Kier molecular flexibility index (Phi) is 5.40. The number of rotatable bonds is 5. The van der Waals surface area contributed by atoms with Crippen molar-refractivity contribution >= 4 is 0 Å². The Hall–Kier alpha value is -0.820. The fraction of sp³-hybridized carbons (Fsp3) is 0.647. The molecule has 0 heterocycles. The normalized spacial score (nSPS) is 13.9. The largest absolute Gasteiger partial charge is 0.316 e. The predicted octanol–water partition coefficient (Wildman–Crippen LogP) is 4.33. The first kappa shape index (κ1) is 15.2. The molecule has 18 heavy (non-hydrogen) atoms. The third-order valence-corrected chi connectivity index (χ3v) is 3.35. The summed E-state index contributed by atoms with van der Waals surface area (Å²) >= 11 is 0. The minimum Gasteiger partial charge on any atom is -0.316 e. The Bertz CT molecular complexity index is 343. The van der Waals surface area contributed by atoms with Gasteiger partial charge in [-0.3, -0.25) is 0 Å². The maximum Gasteiger partial charge on any atom is 0.00176 e. The quantitative estimate of drug-likeness (QED) is 0.816. The summed E-state index contributed by atoms with van der Waals surface area (Å²) in [5.41, 5.74) is 3.09. The van der Waals surface area contributed by atoms with E-state index in [9.17, 15) is 0 Å². The molecule has 1 rings (SSSR count). The molecule has 0 aliphatic rings. The van der Waals surface area contributed by atoms with Crippen LogP contribution in [0.15, 0.2) is 24.3 Å². The van der Waals surface area contributed by atoms with Crippen molar-refractivity contribution in [3.63, 3.8) is 0 Å². The van der Waals surface area contributed by atoms with E-state index in [1.807, 2.05) is 0 Å². The van der Waals surface area contributed by atoms with Crippen LogP contribution in [0.3, 0.4) is 0 Å². The molecule has 0 fully saturated rings. The van der Waals surface area contributed by atoms with E-state index in [4.69, 9.17) is 0 Å². The predicted molar refractivity (Wildman–Crippen MR) is 81.3 cm³/mol. The molecule has 0 amide bonds. The highest BCUT2D eigenvalue weighted by Crippen LogP contribution is 2.24. The molecule has 0 bridgehead atoms. The minimum atomic E-state index is 0.248. The fourth-order valence-corrected chi connectivity index (χ4v) is 2.02. The van der Waals surface area contributed by atoms with Gasteiger partial charge in [-0.15, -0.1) is 0 Å². The van der Waals surface area contributed by atoms with E-state index in [1.165, 1.54) is 11.1 Å². The van der Waals surface area contributed by atoms with Gasteiger partial charge in [0.05, 0.1) is 0 Å². The molecule has 0 saturated carbocycles. The van der Waals surface area contributed by atoms with E-state index >= 15 is 0 Å². The van der Waals surface area contributed by atoms with Crippen LogP contribution in [0.4, 0.5) is 0 Å². The molecular weight excluding hydrogens is 218 g/mol. The summed E-state index contributed by atoms with van der Waals surface area (Å²) in [6.45, 7) is 15.7. The lowest BCUT2D eigenvalue weighted by Crippen LogP contribution is -2.24. The van der Waals surface area contributed by atoms with Crippen molar-refractivity contribution in [1.29, 1.82) is 0 Å². The molecule has 1 aromatic carbocycles. The molecule has 1 N–H and O–H groups in total. The molecule has 0 radical (unpaired) electrons. The van der Waals surface area contributed by atoms with Crippen LogP contribution in [0.2, 0.25) is 0 Å². The van der Waals surface area contributed by atoms with Gasteiger partial charge in [0.25, 0.3) is 0 Å². The van der Waals surface area contributed by atoms with Crippen molar-refractivity contribution in [3.05, 3.63) is 35.4 Å². The number of nitrogens with one attached hydrogen (secondary N) is 1. The highest BCUT2D eigenvalue weighted by atomic mass is 14.9. The lowest BCUT2D eigenvalue weighted by atomic mass is 9.86. The lowest BCUT2D eigenvalue weighted by Gasteiger charge is -2.20. The van der Waals surface area contributed by atoms with Gasteiger partial charge in [-0.2, -0.15) is 0 Å². The Morgan fingerprint density at radius 2 is 1.50 bits per heavy atom. The van der Waals surface area contributed by atoms with Crippen molar-refractivity contribution in [2.75, 3.05) is 13.1 Å². The van der Waals surface area contributed by atoms with Crippen molar-refractivity contribution < 1.29 is 0 Å². The third kappa shape index (κ3) is 4.81. The first-order valence-corrected chi connectivity index (χ1v) is 7.12. The van der Waals surface area contributed by atoms with Gasteiger partial charge in [0.2, 0.25) is 0 Å². The van der Waals surface area contributed by atoms with Gasteiger partial charge in [-0.1, -0.05) is 65.8 Å². The van der Waals surface area contributed by atoms with E-state index in [0.29, 0.717) is 5.92 Å². The smallest absolute Gasteiger partial charge is 0.00176 e. The second-order valence-corrected chi connectivity index (χ2v) is 6.83. The average molecular weight is 247 g/mol. The van der Waals surface area contributed by atoms with Gasteiger partial charge in [-0.25, -0.2) is 0 Å². The van der Waals surface area contributed by atoms with Gasteiger partial charge < -0.3 is 5.32 Å². The summed E-state index contributed by atoms with van der Waals surface area (Å²) in [5.74, 6) is 1.30. The van der Waals surface area contributed by atoms with Gasteiger partial charge >= 0.3 is 0 Å². The molecule has 102 valence electrons. The Labute approximate surface area is 113 Å². The van der Waals surface area contributed by atoms with E-state index in [2.05, 4.69) is 71.1 Å². The highest BCUT2D eigenvalue weighted by molar-refractivity contribution is 5.29. The maximum atomic E-state index is 3.53. The van der Waals surface area contributed by atoms with Crippen LogP contribution in [0.1, 0.15) is 58.6 Å². The Morgan fingerprint density at radius 3 is 1.94 bits per heavy atom. The van der Waals surface area contributed by atoms with Crippen molar-refractivity contribution in [3.8, 4) is 0 Å². The summed E-state index contributed by atoms with van der Waals surface area (Å²) in [4.78, 5) is 0. The standard InChI is InChI=1S/C17H29N/c1-13(2)11-18-12-14(3)15-7-9-16(10-8-15)17(4,5)6/h7-10,13-14,18H,11-12H2,1-6H3. The molecule has 0 aromatic heterocycles. The number of benzene rings is 1. The average Bonchev–Trinajstić information content (AvgIpc) is 2.27. The minimum absolute atomic E-state index is 0.248. The second-order valence-electron chi connectivity index (χ2n) is 6.83. The van der Waals surface area contributed by atoms with Crippen molar-refractivity contribution in [2.45, 2.75) is 52.9 Å². The van der Waals surface area contributed by atoms with E-state index in [-0.39, 0.29) is 5.41 Å². The zero-order valence-corrected chi connectivity index (χ0v) is 12.9. The molecule has 0 spiro atoms. The first-order chi connectivity index (χ1) is 8.30. The maximum absolute atomic E-state index is 3.53. The van der Waals surface area contributed by atoms with Gasteiger partial charge in [0.15, 0.2) is 0 Å². The van der Waals surface area contributed by atoms with E-state index < -0.39 is 0 Å². The molecule has 1 heteroatoms. The van der Waals surface area contributed by atoms with Crippen LogP contribution in [0.5, 0.6) is 0 Å². The summed E-state index contributed by atoms with van der Waals surface area (Å²) in [5, 5.41) is 3.53. The van der Waals surface area contributed by atoms with E-state index in [0.717, 1.165) is 19.0 Å². The van der Waals surface area contributed by atoms with E-state index in [1.54, 1.807) is 0 Å². The zero-order valence-electron chi connectivity index (χ0n) is 12.9. The summed E-state index contributed by atoms with van der Waals surface area (Å²) in [6.07, 6.45) is 0. The topological polar surface area (TPSA) is 12.0 Å². The molecule has 0 aliphatic heterocycles. The van der Waals surface area contributed by atoms with Crippen molar-refractivity contribution in [1.82, 2.24) is 5.32 Å².